The van der Waals surface area contributed by atoms with E-state index in [2.05, 4.69) is 262 Å². The van der Waals surface area contributed by atoms with Crippen molar-refractivity contribution in [2.24, 2.45) is 0 Å². The molecule has 0 N–H and O–H groups in total. The monoisotopic (exact) mass is 794 g/mol. The minimum atomic E-state index is 0.988. The second-order valence-corrected chi connectivity index (χ2v) is 14.9. The van der Waals surface area contributed by atoms with Gasteiger partial charge in [0, 0.05) is 38.6 Å². The predicted octanol–water partition coefficient (Wildman–Crippen LogP) is 16.1. The Bertz CT molecular complexity index is 2490. The number of anilines is 6. The number of rotatable bonds is 10. The number of hydrogen-bond acceptors (Lipinski definition) is 2. The molecular formula is C54H39BrN2. The van der Waals surface area contributed by atoms with Crippen molar-refractivity contribution in [3.8, 4) is 44.5 Å². The molecule has 0 unspecified atom stereocenters. The smallest absolute Gasteiger partial charge is 0.0493 e. The van der Waals surface area contributed by atoms with Crippen LogP contribution in [0.4, 0.5) is 34.1 Å². The van der Waals surface area contributed by atoms with E-state index >= 15 is 0 Å². The van der Waals surface area contributed by atoms with Gasteiger partial charge in [0.05, 0.1) is 0 Å². The highest BCUT2D eigenvalue weighted by molar-refractivity contribution is 9.10. The van der Waals surface area contributed by atoms with Crippen LogP contribution in [0.15, 0.2) is 241 Å². The standard InChI is InChI=1S/C54H39BrN2/c55-48-37-53(56(49-17-9-3-10-18-49)51-33-29-46(30-34-51)44-25-21-42(22-26-44)40-13-5-1-6-14-40)39-54(38-48)57(50-19-11-4-12-20-50)52-35-31-47(32-36-52)45-27-23-43(24-28-45)41-15-7-2-8-16-41/h1-39H. The third-order valence-electron chi connectivity index (χ3n) is 10.3. The molecule has 272 valence electrons. The Morgan fingerprint density at radius 2 is 0.439 bits per heavy atom. The van der Waals surface area contributed by atoms with E-state index in [1.54, 1.807) is 0 Å². The molecule has 57 heavy (non-hydrogen) atoms. The third-order valence-corrected chi connectivity index (χ3v) is 10.8. The van der Waals surface area contributed by atoms with E-state index in [4.69, 9.17) is 0 Å². The first kappa shape index (κ1) is 35.7. The van der Waals surface area contributed by atoms with E-state index in [0.29, 0.717) is 0 Å². The minimum Gasteiger partial charge on any atom is -0.310 e. The summed E-state index contributed by atoms with van der Waals surface area (Å²) in [5.74, 6) is 0. The highest BCUT2D eigenvalue weighted by atomic mass is 79.9. The zero-order valence-electron chi connectivity index (χ0n) is 31.3. The van der Waals surface area contributed by atoms with Gasteiger partial charge in [0.1, 0.15) is 0 Å². The van der Waals surface area contributed by atoms with Gasteiger partial charge in [-0.25, -0.2) is 0 Å². The molecule has 0 atom stereocenters. The van der Waals surface area contributed by atoms with Crippen molar-refractivity contribution in [1.82, 2.24) is 0 Å². The molecule has 0 saturated heterocycles. The van der Waals surface area contributed by atoms with Crippen molar-refractivity contribution >= 4 is 50.1 Å². The van der Waals surface area contributed by atoms with Crippen LogP contribution in [0.5, 0.6) is 0 Å². The Hall–Kier alpha value is -6.94. The van der Waals surface area contributed by atoms with Crippen molar-refractivity contribution in [1.29, 1.82) is 0 Å². The Kier molecular flexibility index (Phi) is 10.3. The maximum absolute atomic E-state index is 3.92. The first-order valence-corrected chi connectivity index (χ1v) is 20.0. The molecule has 9 aromatic rings. The van der Waals surface area contributed by atoms with E-state index < -0.39 is 0 Å². The molecule has 9 rings (SSSR count). The Morgan fingerprint density at radius 3 is 0.737 bits per heavy atom. The summed E-state index contributed by atoms with van der Waals surface area (Å²) in [6.07, 6.45) is 0. The number of para-hydroxylation sites is 2. The average Bonchev–Trinajstić information content (AvgIpc) is 3.28. The molecule has 0 amide bonds. The van der Waals surface area contributed by atoms with Crippen molar-refractivity contribution in [3.63, 3.8) is 0 Å². The number of benzene rings is 9. The lowest BCUT2D eigenvalue weighted by molar-refractivity contribution is 1.24. The van der Waals surface area contributed by atoms with E-state index in [0.717, 1.165) is 38.6 Å². The summed E-state index contributed by atoms with van der Waals surface area (Å²) in [5, 5.41) is 0. The molecule has 0 aliphatic carbocycles. The molecule has 2 nitrogen and oxygen atoms in total. The molecule has 0 saturated carbocycles. The van der Waals surface area contributed by atoms with Crippen LogP contribution in [0.3, 0.4) is 0 Å². The SMILES string of the molecule is Brc1cc(N(c2ccccc2)c2ccc(-c3ccc(-c4ccccc4)cc3)cc2)cc(N(c2ccccc2)c2ccc(-c3ccc(-c4ccccc4)cc3)cc2)c1. The Balaban J connectivity index is 1.05. The first-order valence-electron chi connectivity index (χ1n) is 19.2. The van der Waals surface area contributed by atoms with Gasteiger partial charge in [-0.05, 0) is 111 Å². The topological polar surface area (TPSA) is 6.48 Å². The molecule has 0 aliphatic rings. The van der Waals surface area contributed by atoms with Gasteiger partial charge in [0.2, 0.25) is 0 Å². The number of hydrogen-bond donors (Lipinski definition) is 0. The van der Waals surface area contributed by atoms with E-state index in [-0.39, 0.29) is 0 Å². The van der Waals surface area contributed by atoms with Gasteiger partial charge in [0.15, 0.2) is 0 Å². The van der Waals surface area contributed by atoms with Crippen LogP contribution >= 0.6 is 15.9 Å². The first-order chi connectivity index (χ1) is 28.2. The lowest BCUT2D eigenvalue weighted by atomic mass is 10.00. The lowest BCUT2D eigenvalue weighted by Crippen LogP contribution is -2.13. The van der Waals surface area contributed by atoms with Gasteiger partial charge in [-0.2, -0.15) is 0 Å². The molecular weight excluding hydrogens is 757 g/mol. The van der Waals surface area contributed by atoms with Gasteiger partial charge in [-0.3, -0.25) is 0 Å². The largest absolute Gasteiger partial charge is 0.310 e. The van der Waals surface area contributed by atoms with Crippen molar-refractivity contribution in [2.45, 2.75) is 0 Å². The number of halogens is 1. The minimum absolute atomic E-state index is 0.988. The van der Waals surface area contributed by atoms with Crippen LogP contribution in [0, 0.1) is 0 Å². The summed E-state index contributed by atoms with van der Waals surface area (Å²) >= 11 is 3.92. The maximum atomic E-state index is 3.92. The van der Waals surface area contributed by atoms with Crippen LogP contribution < -0.4 is 9.80 Å². The molecule has 0 fully saturated rings. The van der Waals surface area contributed by atoms with Crippen LogP contribution in [-0.2, 0) is 0 Å². The van der Waals surface area contributed by atoms with E-state index in [1.165, 1.54) is 44.5 Å². The number of nitrogens with zero attached hydrogens (tertiary/aromatic N) is 2. The van der Waals surface area contributed by atoms with Gasteiger partial charge < -0.3 is 9.80 Å². The fourth-order valence-electron chi connectivity index (χ4n) is 7.44. The van der Waals surface area contributed by atoms with Gasteiger partial charge in [-0.15, -0.1) is 0 Å². The molecule has 0 radical (unpaired) electrons. The molecule has 3 heteroatoms. The zero-order valence-corrected chi connectivity index (χ0v) is 32.9. The summed E-state index contributed by atoms with van der Waals surface area (Å²) in [4.78, 5) is 4.64. The van der Waals surface area contributed by atoms with Crippen LogP contribution in [0.1, 0.15) is 0 Å². The van der Waals surface area contributed by atoms with Crippen molar-refractivity contribution < 1.29 is 0 Å². The predicted molar refractivity (Wildman–Crippen MR) is 245 cm³/mol. The molecule has 9 aromatic carbocycles. The van der Waals surface area contributed by atoms with E-state index in [9.17, 15) is 0 Å². The quantitative estimate of drug-likeness (QED) is 0.136. The van der Waals surface area contributed by atoms with Crippen molar-refractivity contribution in [3.05, 3.63) is 241 Å². The Morgan fingerprint density at radius 1 is 0.211 bits per heavy atom. The molecule has 0 aromatic heterocycles. The zero-order chi connectivity index (χ0) is 38.4. The second kappa shape index (κ2) is 16.4. The maximum Gasteiger partial charge on any atom is 0.0493 e. The molecule has 0 bridgehead atoms. The summed E-state index contributed by atoms with van der Waals surface area (Å²) in [5.41, 5.74) is 16.0. The molecule has 0 aliphatic heterocycles. The van der Waals surface area contributed by atoms with Crippen LogP contribution in [-0.4, -0.2) is 0 Å². The van der Waals surface area contributed by atoms with Gasteiger partial charge in [0.25, 0.3) is 0 Å². The highest BCUT2D eigenvalue weighted by Gasteiger charge is 2.19. The summed E-state index contributed by atoms with van der Waals surface area (Å²) in [7, 11) is 0. The van der Waals surface area contributed by atoms with Crippen LogP contribution in [0.25, 0.3) is 44.5 Å². The normalized spacial score (nSPS) is 10.9. The molecule has 0 heterocycles. The second-order valence-electron chi connectivity index (χ2n) is 14.0. The lowest BCUT2D eigenvalue weighted by Gasteiger charge is -2.30. The molecule has 0 spiro atoms. The van der Waals surface area contributed by atoms with E-state index in [1.807, 2.05) is 0 Å². The van der Waals surface area contributed by atoms with Gasteiger partial charge >= 0.3 is 0 Å². The summed E-state index contributed by atoms with van der Waals surface area (Å²) < 4.78 is 0.988. The summed E-state index contributed by atoms with van der Waals surface area (Å²) in [6.45, 7) is 0. The third kappa shape index (κ3) is 7.93. The fraction of sp³-hybridized carbons (Fsp3) is 0. The highest BCUT2D eigenvalue weighted by Crippen LogP contribution is 2.43. The Labute approximate surface area is 343 Å². The van der Waals surface area contributed by atoms with Crippen molar-refractivity contribution in [2.75, 3.05) is 9.80 Å². The fourth-order valence-corrected chi connectivity index (χ4v) is 7.91. The van der Waals surface area contributed by atoms with Gasteiger partial charge in [-0.1, -0.05) is 186 Å². The van der Waals surface area contributed by atoms with Crippen LogP contribution in [0.2, 0.25) is 0 Å². The average molecular weight is 796 g/mol. The summed E-state index contributed by atoms with van der Waals surface area (Å²) in [6, 6.07) is 84.2.